The number of morpholine rings is 1. The van der Waals surface area contributed by atoms with Crippen LogP contribution in [0.4, 0.5) is 0 Å². The first kappa shape index (κ1) is 15.5. The third-order valence-electron chi connectivity index (χ3n) is 3.87. The molecule has 0 N–H and O–H groups in total. The lowest BCUT2D eigenvalue weighted by Gasteiger charge is -2.37. The number of rotatable bonds is 3. The quantitative estimate of drug-likeness (QED) is 0.861. The first-order chi connectivity index (χ1) is 11.1. The molecule has 2 atom stereocenters. The van der Waals surface area contributed by atoms with Gasteiger partial charge in [0.05, 0.1) is 19.8 Å². The van der Waals surface area contributed by atoms with Gasteiger partial charge in [0.1, 0.15) is 11.8 Å². The number of nitrogens with zero attached hydrogens (tertiary/aromatic N) is 3. The number of aromatic nitrogens is 2. The van der Waals surface area contributed by atoms with E-state index >= 15 is 0 Å². The maximum absolute atomic E-state index is 12.9. The maximum atomic E-state index is 12.9. The molecule has 7 heteroatoms. The van der Waals surface area contributed by atoms with Crippen LogP contribution in [0.2, 0.25) is 0 Å². The number of carbonyl (C=O) groups is 1. The highest BCUT2D eigenvalue weighted by molar-refractivity contribution is 5.95. The molecule has 3 rings (SSSR count). The van der Waals surface area contributed by atoms with Crippen molar-refractivity contribution in [2.24, 2.45) is 0 Å². The molecule has 0 bridgehead atoms. The zero-order valence-electron chi connectivity index (χ0n) is 13.4. The topological polar surface area (TPSA) is 77.7 Å². The second-order valence-electron chi connectivity index (χ2n) is 5.43. The van der Waals surface area contributed by atoms with E-state index in [0.29, 0.717) is 36.2 Å². The van der Waals surface area contributed by atoms with Crippen molar-refractivity contribution in [3.05, 3.63) is 41.5 Å². The third kappa shape index (κ3) is 3.05. The molecule has 1 aliphatic rings. The summed E-state index contributed by atoms with van der Waals surface area (Å²) in [7, 11) is 1.57. The average molecular weight is 317 g/mol. The van der Waals surface area contributed by atoms with Crippen LogP contribution in [0.5, 0.6) is 5.75 Å². The molecule has 1 aromatic heterocycles. The predicted octanol–water partition coefficient (Wildman–Crippen LogP) is 1.99. The van der Waals surface area contributed by atoms with Crippen LogP contribution in [0.25, 0.3) is 0 Å². The fourth-order valence-electron chi connectivity index (χ4n) is 2.74. The molecule has 1 saturated heterocycles. The Kier molecular flexibility index (Phi) is 4.29. The van der Waals surface area contributed by atoms with Gasteiger partial charge in [-0.2, -0.15) is 4.98 Å². The normalized spacial score (nSPS) is 21.3. The molecule has 23 heavy (non-hydrogen) atoms. The standard InChI is InChI=1S/C16H19N3O4/c1-10-14(15-17-11(2)18-23-15)19(7-8-22-10)16(20)12-5-4-6-13(9-12)21-3/h4-6,9-10,14H,7-8H2,1-3H3/t10-,14+/m1/s1. The van der Waals surface area contributed by atoms with E-state index in [1.54, 1.807) is 43.2 Å². The minimum absolute atomic E-state index is 0.111. The van der Waals surface area contributed by atoms with E-state index in [-0.39, 0.29) is 12.0 Å². The highest BCUT2D eigenvalue weighted by atomic mass is 16.5. The van der Waals surface area contributed by atoms with Crippen molar-refractivity contribution in [3.8, 4) is 5.75 Å². The smallest absolute Gasteiger partial charge is 0.254 e. The summed E-state index contributed by atoms with van der Waals surface area (Å²) < 4.78 is 16.1. The van der Waals surface area contributed by atoms with E-state index in [0.717, 1.165) is 0 Å². The van der Waals surface area contributed by atoms with E-state index < -0.39 is 6.04 Å². The van der Waals surface area contributed by atoms with Crippen molar-refractivity contribution in [1.29, 1.82) is 0 Å². The Balaban J connectivity index is 1.92. The molecule has 0 aliphatic carbocycles. The van der Waals surface area contributed by atoms with E-state index in [9.17, 15) is 4.79 Å². The molecule has 0 radical (unpaired) electrons. The van der Waals surface area contributed by atoms with Crippen LogP contribution >= 0.6 is 0 Å². The van der Waals surface area contributed by atoms with E-state index in [1.807, 2.05) is 6.92 Å². The van der Waals surface area contributed by atoms with Gasteiger partial charge >= 0.3 is 0 Å². The van der Waals surface area contributed by atoms with Crippen molar-refractivity contribution >= 4 is 5.91 Å². The minimum Gasteiger partial charge on any atom is -0.497 e. The lowest BCUT2D eigenvalue weighted by atomic mass is 10.1. The zero-order chi connectivity index (χ0) is 16.4. The predicted molar refractivity (Wildman–Crippen MR) is 81.2 cm³/mol. The Labute approximate surface area is 134 Å². The molecule has 122 valence electrons. The molecule has 1 amide bonds. The lowest BCUT2D eigenvalue weighted by Crippen LogP contribution is -2.47. The molecule has 0 unspecified atom stereocenters. The fraction of sp³-hybridized carbons (Fsp3) is 0.438. The summed E-state index contributed by atoms with van der Waals surface area (Å²) in [5, 5.41) is 3.82. The number of methoxy groups -OCH3 is 1. The highest BCUT2D eigenvalue weighted by Gasteiger charge is 2.38. The Morgan fingerprint density at radius 2 is 2.26 bits per heavy atom. The number of carbonyl (C=O) groups excluding carboxylic acids is 1. The van der Waals surface area contributed by atoms with E-state index in [1.165, 1.54) is 0 Å². The van der Waals surface area contributed by atoms with Crippen LogP contribution in [-0.4, -0.2) is 47.3 Å². The van der Waals surface area contributed by atoms with Gasteiger partial charge < -0.3 is 18.9 Å². The van der Waals surface area contributed by atoms with E-state index in [2.05, 4.69) is 10.1 Å². The van der Waals surface area contributed by atoms with Gasteiger partial charge in [-0.1, -0.05) is 11.2 Å². The van der Waals surface area contributed by atoms with Crippen LogP contribution in [-0.2, 0) is 4.74 Å². The summed E-state index contributed by atoms with van der Waals surface area (Å²) >= 11 is 0. The summed E-state index contributed by atoms with van der Waals surface area (Å²) in [6.07, 6.45) is -0.224. The van der Waals surface area contributed by atoms with Crippen molar-refractivity contribution in [2.75, 3.05) is 20.3 Å². The van der Waals surface area contributed by atoms with Gasteiger partial charge in [-0.25, -0.2) is 0 Å². The molecule has 1 fully saturated rings. The first-order valence-electron chi connectivity index (χ1n) is 7.47. The lowest BCUT2D eigenvalue weighted by molar-refractivity contribution is -0.0600. The van der Waals surface area contributed by atoms with Gasteiger partial charge in [-0.05, 0) is 32.0 Å². The zero-order valence-corrected chi connectivity index (χ0v) is 13.4. The van der Waals surface area contributed by atoms with Crippen LogP contribution in [0, 0.1) is 6.92 Å². The first-order valence-corrected chi connectivity index (χ1v) is 7.47. The molecule has 0 saturated carbocycles. The monoisotopic (exact) mass is 317 g/mol. The number of hydrogen-bond donors (Lipinski definition) is 0. The molecule has 1 aromatic carbocycles. The Morgan fingerprint density at radius 1 is 1.43 bits per heavy atom. The summed E-state index contributed by atoms with van der Waals surface area (Å²) in [6, 6.07) is 6.68. The number of benzene rings is 1. The summed E-state index contributed by atoms with van der Waals surface area (Å²) in [6.45, 7) is 4.58. The van der Waals surface area contributed by atoms with Gasteiger partial charge in [0, 0.05) is 12.1 Å². The molecule has 2 heterocycles. The van der Waals surface area contributed by atoms with E-state index in [4.69, 9.17) is 14.0 Å². The number of aryl methyl sites for hydroxylation is 1. The average Bonchev–Trinajstić information content (AvgIpc) is 3.00. The SMILES string of the molecule is COc1cccc(C(=O)N2CCO[C@H](C)[C@H]2c2nc(C)no2)c1. The van der Waals surface area contributed by atoms with Crippen molar-refractivity contribution in [1.82, 2.24) is 15.0 Å². The van der Waals surface area contributed by atoms with Gasteiger partial charge in [0.15, 0.2) is 5.82 Å². The molecule has 7 nitrogen and oxygen atoms in total. The molecule has 1 aliphatic heterocycles. The Hall–Kier alpha value is -2.41. The van der Waals surface area contributed by atoms with Crippen LogP contribution in [0.15, 0.2) is 28.8 Å². The van der Waals surface area contributed by atoms with Crippen LogP contribution in [0.1, 0.15) is 35.0 Å². The summed E-state index contributed by atoms with van der Waals surface area (Å²) in [5.74, 6) is 1.46. The van der Waals surface area contributed by atoms with Crippen LogP contribution < -0.4 is 4.74 Å². The molecule has 2 aromatic rings. The summed E-state index contributed by atoms with van der Waals surface area (Å²) in [4.78, 5) is 18.9. The van der Waals surface area contributed by atoms with Crippen LogP contribution in [0.3, 0.4) is 0 Å². The minimum atomic E-state index is -0.399. The van der Waals surface area contributed by atoms with Gasteiger partial charge in [0.25, 0.3) is 11.8 Å². The molecular formula is C16H19N3O4. The number of ether oxygens (including phenoxy) is 2. The maximum Gasteiger partial charge on any atom is 0.254 e. The largest absolute Gasteiger partial charge is 0.497 e. The summed E-state index contributed by atoms with van der Waals surface area (Å²) in [5.41, 5.74) is 0.555. The van der Waals surface area contributed by atoms with Crippen molar-refractivity contribution in [2.45, 2.75) is 26.0 Å². The second-order valence-corrected chi connectivity index (χ2v) is 5.43. The van der Waals surface area contributed by atoms with Gasteiger partial charge in [0.2, 0.25) is 0 Å². The number of hydrogen-bond acceptors (Lipinski definition) is 6. The second kappa shape index (κ2) is 6.37. The number of amides is 1. The van der Waals surface area contributed by atoms with Gasteiger partial charge in [-0.3, -0.25) is 4.79 Å². The Bertz CT molecular complexity index is 700. The highest BCUT2D eigenvalue weighted by Crippen LogP contribution is 2.30. The molecular weight excluding hydrogens is 298 g/mol. The molecule has 0 spiro atoms. The van der Waals surface area contributed by atoms with Crippen molar-refractivity contribution < 1.29 is 18.8 Å². The third-order valence-corrected chi connectivity index (χ3v) is 3.87. The van der Waals surface area contributed by atoms with Crippen molar-refractivity contribution in [3.63, 3.8) is 0 Å². The fourth-order valence-corrected chi connectivity index (χ4v) is 2.74. The Morgan fingerprint density at radius 3 is 2.96 bits per heavy atom. The van der Waals surface area contributed by atoms with Gasteiger partial charge in [-0.15, -0.1) is 0 Å².